The van der Waals surface area contributed by atoms with Crippen molar-refractivity contribution < 1.29 is 8.78 Å². The van der Waals surface area contributed by atoms with E-state index in [1.54, 1.807) is 0 Å². The number of nitrogens with two attached hydrogens (primary N) is 1. The maximum Gasteiger partial charge on any atom is 0.130 e. The van der Waals surface area contributed by atoms with Gasteiger partial charge in [-0.25, -0.2) is 8.78 Å². The van der Waals surface area contributed by atoms with Crippen molar-refractivity contribution in [2.45, 2.75) is 25.3 Å². The molecule has 0 amide bonds. The Labute approximate surface area is 81.9 Å². The summed E-state index contributed by atoms with van der Waals surface area (Å²) in [5.74, 6) is -0.796. The van der Waals surface area contributed by atoms with Crippen molar-refractivity contribution in [1.29, 1.82) is 0 Å². The molecule has 0 saturated heterocycles. The molecule has 76 valence electrons. The monoisotopic (exact) mass is 197 g/mol. The molecule has 2 N–H and O–H groups in total. The number of halogens is 2. The molecule has 1 nitrogen and oxygen atoms in total. The molecule has 0 radical (unpaired) electrons. The van der Waals surface area contributed by atoms with E-state index < -0.39 is 17.7 Å². The van der Waals surface area contributed by atoms with Crippen LogP contribution in [0.4, 0.5) is 8.78 Å². The van der Waals surface area contributed by atoms with Gasteiger partial charge >= 0.3 is 0 Å². The van der Waals surface area contributed by atoms with Gasteiger partial charge in [-0.15, -0.1) is 0 Å². The van der Waals surface area contributed by atoms with Gasteiger partial charge in [0.15, 0.2) is 0 Å². The van der Waals surface area contributed by atoms with Crippen molar-refractivity contribution >= 4 is 0 Å². The first kappa shape index (κ1) is 9.59. The largest absolute Gasteiger partial charge is 0.324 e. The molecular weight excluding hydrogens is 184 g/mol. The highest BCUT2D eigenvalue weighted by molar-refractivity contribution is 5.24. The van der Waals surface area contributed by atoms with Crippen LogP contribution < -0.4 is 5.73 Å². The number of rotatable bonds is 2. The molecule has 1 atom stereocenters. The van der Waals surface area contributed by atoms with Gasteiger partial charge in [0.05, 0.1) is 0 Å². The molecule has 0 spiro atoms. The van der Waals surface area contributed by atoms with Gasteiger partial charge in [0.1, 0.15) is 11.6 Å². The predicted octanol–water partition coefficient (Wildman–Crippen LogP) is 2.76. The van der Waals surface area contributed by atoms with Gasteiger partial charge in [-0.2, -0.15) is 0 Å². The van der Waals surface area contributed by atoms with E-state index >= 15 is 0 Å². The zero-order chi connectivity index (χ0) is 10.1. The van der Waals surface area contributed by atoms with E-state index in [0.717, 1.165) is 19.3 Å². The second-order valence-corrected chi connectivity index (χ2v) is 3.85. The molecule has 1 fully saturated rings. The van der Waals surface area contributed by atoms with Crippen molar-refractivity contribution in [1.82, 2.24) is 0 Å². The lowest BCUT2D eigenvalue weighted by Crippen LogP contribution is -2.28. The first-order valence-corrected chi connectivity index (χ1v) is 4.89. The van der Waals surface area contributed by atoms with Crippen LogP contribution in [0.15, 0.2) is 18.2 Å². The van der Waals surface area contributed by atoms with Gasteiger partial charge in [0, 0.05) is 11.6 Å². The van der Waals surface area contributed by atoms with E-state index in [9.17, 15) is 8.78 Å². The second-order valence-electron chi connectivity index (χ2n) is 3.85. The maximum atomic E-state index is 13.3. The molecule has 0 aliphatic heterocycles. The summed E-state index contributed by atoms with van der Waals surface area (Å²) in [5, 5.41) is 0. The third-order valence-electron chi connectivity index (χ3n) is 2.99. The normalized spacial score (nSPS) is 19.1. The Kier molecular flexibility index (Phi) is 2.50. The van der Waals surface area contributed by atoms with E-state index in [4.69, 9.17) is 5.73 Å². The minimum absolute atomic E-state index is 0.0530. The Bertz CT molecular complexity index is 314. The van der Waals surface area contributed by atoms with E-state index in [1.807, 2.05) is 0 Å². The fourth-order valence-corrected chi connectivity index (χ4v) is 1.86. The molecule has 1 saturated carbocycles. The zero-order valence-corrected chi connectivity index (χ0v) is 7.84. The van der Waals surface area contributed by atoms with Crippen LogP contribution in [0.2, 0.25) is 0 Å². The summed E-state index contributed by atoms with van der Waals surface area (Å²) in [6.45, 7) is 0. The quantitative estimate of drug-likeness (QED) is 0.775. The van der Waals surface area contributed by atoms with Crippen molar-refractivity contribution in [3.63, 3.8) is 0 Å². The van der Waals surface area contributed by atoms with Crippen molar-refractivity contribution in [2.24, 2.45) is 11.7 Å². The van der Waals surface area contributed by atoms with E-state index in [2.05, 4.69) is 0 Å². The summed E-state index contributed by atoms with van der Waals surface area (Å²) in [7, 11) is 0. The summed E-state index contributed by atoms with van der Waals surface area (Å²) in [4.78, 5) is 0. The van der Waals surface area contributed by atoms with Gasteiger partial charge in [0.2, 0.25) is 0 Å². The second kappa shape index (κ2) is 3.65. The fraction of sp³-hybridized carbons (Fsp3) is 0.455. The minimum Gasteiger partial charge on any atom is -0.324 e. The topological polar surface area (TPSA) is 26.0 Å². The number of hydrogen-bond acceptors (Lipinski definition) is 1. The summed E-state index contributed by atoms with van der Waals surface area (Å²) >= 11 is 0. The maximum absolute atomic E-state index is 13.3. The van der Waals surface area contributed by atoms with Gasteiger partial charge in [0.25, 0.3) is 0 Å². The molecule has 0 aromatic heterocycles. The molecule has 2 rings (SSSR count). The smallest absolute Gasteiger partial charge is 0.130 e. The first-order valence-electron chi connectivity index (χ1n) is 4.89. The third kappa shape index (κ3) is 1.52. The Balaban J connectivity index is 2.29. The standard InChI is InChI=1S/C11H13F2N/c12-8-5-2-6-9(13)10(8)11(14)7-3-1-4-7/h2,5-7,11H,1,3-4,14H2/t11-/m1/s1. The number of benzene rings is 1. The SMILES string of the molecule is N[C@@H](c1c(F)cccc1F)C1CCC1. The molecule has 1 aromatic rings. The van der Waals surface area contributed by atoms with Crippen LogP contribution in [0.1, 0.15) is 30.9 Å². The van der Waals surface area contributed by atoms with Crippen LogP contribution in [0, 0.1) is 17.6 Å². The van der Waals surface area contributed by atoms with Crippen LogP contribution in [0.3, 0.4) is 0 Å². The molecule has 0 heterocycles. The molecule has 0 unspecified atom stereocenters. The minimum atomic E-state index is -0.524. The van der Waals surface area contributed by atoms with Crippen LogP contribution in [-0.2, 0) is 0 Å². The lowest BCUT2D eigenvalue weighted by atomic mass is 9.77. The van der Waals surface area contributed by atoms with Crippen LogP contribution in [0.25, 0.3) is 0 Å². The lowest BCUT2D eigenvalue weighted by molar-refractivity contribution is 0.256. The lowest BCUT2D eigenvalue weighted by Gasteiger charge is -2.31. The Hall–Kier alpha value is -0.960. The Morgan fingerprint density at radius 1 is 1.21 bits per heavy atom. The molecule has 1 aliphatic carbocycles. The zero-order valence-electron chi connectivity index (χ0n) is 7.84. The Morgan fingerprint density at radius 3 is 2.21 bits per heavy atom. The van der Waals surface area contributed by atoms with E-state index in [-0.39, 0.29) is 11.5 Å². The third-order valence-corrected chi connectivity index (χ3v) is 2.99. The van der Waals surface area contributed by atoms with E-state index in [1.165, 1.54) is 18.2 Å². The summed E-state index contributed by atoms with van der Waals surface area (Å²) in [6.07, 6.45) is 3.08. The van der Waals surface area contributed by atoms with Gasteiger partial charge in [-0.1, -0.05) is 12.5 Å². The molecule has 0 bridgehead atoms. The Morgan fingerprint density at radius 2 is 1.79 bits per heavy atom. The predicted molar refractivity (Wildman–Crippen MR) is 50.6 cm³/mol. The fourth-order valence-electron chi connectivity index (χ4n) is 1.86. The van der Waals surface area contributed by atoms with Gasteiger partial charge in [-0.3, -0.25) is 0 Å². The average Bonchev–Trinajstić information content (AvgIpc) is 2.00. The molecular formula is C11H13F2N. The number of hydrogen-bond donors (Lipinski definition) is 1. The average molecular weight is 197 g/mol. The highest BCUT2D eigenvalue weighted by atomic mass is 19.1. The molecule has 1 aromatic carbocycles. The van der Waals surface area contributed by atoms with Gasteiger partial charge < -0.3 is 5.73 Å². The summed E-state index contributed by atoms with van der Waals surface area (Å²) in [6, 6.07) is 3.40. The molecule has 14 heavy (non-hydrogen) atoms. The van der Waals surface area contributed by atoms with Crippen LogP contribution in [0.5, 0.6) is 0 Å². The van der Waals surface area contributed by atoms with Crippen molar-refractivity contribution in [3.8, 4) is 0 Å². The van der Waals surface area contributed by atoms with Crippen LogP contribution >= 0.6 is 0 Å². The summed E-state index contributed by atoms with van der Waals surface area (Å²) in [5.41, 5.74) is 5.87. The van der Waals surface area contributed by atoms with Gasteiger partial charge in [-0.05, 0) is 30.9 Å². The van der Waals surface area contributed by atoms with Crippen molar-refractivity contribution in [2.75, 3.05) is 0 Å². The molecule has 3 heteroatoms. The van der Waals surface area contributed by atoms with Crippen LogP contribution in [-0.4, -0.2) is 0 Å². The van der Waals surface area contributed by atoms with Crippen molar-refractivity contribution in [3.05, 3.63) is 35.4 Å². The summed E-state index contributed by atoms with van der Waals surface area (Å²) < 4.78 is 26.6. The highest BCUT2D eigenvalue weighted by Gasteiger charge is 2.29. The first-order chi connectivity index (χ1) is 6.70. The highest BCUT2D eigenvalue weighted by Crippen LogP contribution is 2.37. The van der Waals surface area contributed by atoms with E-state index in [0.29, 0.717) is 0 Å². The molecule has 1 aliphatic rings.